The van der Waals surface area contributed by atoms with Crippen LogP contribution in [0.15, 0.2) is 72.8 Å². The second-order valence-electron chi connectivity index (χ2n) is 9.87. The molecule has 1 saturated heterocycles. The summed E-state index contributed by atoms with van der Waals surface area (Å²) in [5.74, 6) is -0.785. The van der Waals surface area contributed by atoms with Gasteiger partial charge in [0.25, 0.3) is 5.91 Å². The zero-order chi connectivity index (χ0) is 27.7. The summed E-state index contributed by atoms with van der Waals surface area (Å²) in [6.07, 6.45) is 0.388. The highest BCUT2D eigenvalue weighted by atomic mass is 35.6. The fourth-order valence-corrected chi connectivity index (χ4v) is 6.39. The predicted octanol–water partition coefficient (Wildman–Crippen LogP) is 6.57. The van der Waals surface area contributed by atoms with Crippen LogP contribution in [0.4, 0.5) is 5.69 Å². The van der Waals surface area contributed by atoms with Crippen LogP contribution in [-0.2, 0) is 26.3 Å². The monoisotopic (exact) mass is 572 g/mol. The van der Waals surface area contributed by atoms with Crippen molar-refractivity contribution in [1.82, 2.24) is 4.90 Å². The topological polar surface area (TPSA) is 58.6 Å². The smallest absolute Gasteiger partial charge is 0.315 e. The van der Waals surface area contributed by atoms with Gasteiger partial charge in [-0.15, -0.1) is 0 Å². The number of methoxy groups -OCH3 is 1. The van der Waals surface area contributed by atoms with Crippen molar-refractivity contribution in [3.63, 3.8) is 0 Å². The Bertz CT molecular complexity index is 1330. The number of halogens is 3. The first kappa shape index (κ1) is 28.4. The molecule has 8 heteroatoms. The number of benzene rings is 3. The maximum Gasteiger partial charge on any atom is 0.315 e. The first-order chi connectivity index (χ1) is 18.1. The number of carbonyl (C=O) groups excluding carboxylic acids is 2. The highest BCUT2D eigenvalue weighted by molar-refractivity contribution is 6.63. The molecule has 3 aromatic carbocycles. The quantitative estimate of drug-likeness (QED) is 0.283. The second kappa shape index (κ2) is 11.3. The Balaban J connectivity index is 0.000000786. The number of rotatable bonds is 4. The summed E-state index contributed by atoms with van der Waals surface area (Å²) in [4.78, 5) is 30.3. The molecular weight excluding hydrogens is 543 g/mol. The van der Waals surface area contributed by atoms with Crippen LogP contribution < -0.4 is 5.32 Å². The Morgan fingerprint density at radius 3 is 2.34 bits per heavy atom. The van der Waals surface area contributed by atoms with E-state index < -0.39 is 15.2 Å². The van der Waals surface area contributed by atoms with E-state index in [2.05, 4.69) is 54.4 Å². The van der Waals surface area contributed by atoms with E-state index in [0.717, 1.165) is 33.5 Å². The van der Waals surface area contributed by atoms with Crippen LogP contribution in [0.1, 0.15) is 33.7 Å². The maximum absolute atomic E-state index is 14.2. The highest BCUT2D eigenvalue weighted by Gasteiger charge is 2.74. The van der Waals surface area contributed by atoms with Crippen LogP contribution in [0.25, 0.3) is 0 Å². The molecule has 0 radical (unpaired) electrons. The van der Waals surface area contributed by atoms with Gasteiger partial charge in [0.05, 0.1) is 7.11 Å². The number of nitrogens with zero attached hydrogens (tertiary/aromatic N) is 1. The number of alkyl halides is 3. The number of carbonyl (C=O) groups is 2. The number of likely N-dealkylation sites (tertiary alicyclic amines) is 1. The lowest BCUT2D eigenvalue weighted by molar-refractivity contribution is -0.164. The molecule has 2 aliphatic rings. The van der Waals surface area contributed by atoms with E-state index in [1.807, 2.05) is 49.5 Å². The van der Waals surface area contributed by atoms with Gasteiger partial charge in [-0.25, -0.2) is 0 Å². The molecule has 2 heterocycles. The van der Waals surface area contributed by atoms with Crippen molar-refractivity contribution in [2.75, 3.05) is 26.0 Å². The first-order valence-electron chi connectivity index (χ1n) is 12.3. The van der Waals surface area contributed by atoms with E-state index in [0.29, 0.717) is 13.0 Å². The Kier molecular flexibility index (Phi) is 8.43. The van der Waals surface area contributed by atoms with Crippen LogP contribution in [0.5, 0.6) is 0 Å². The lowest BCUT2D eigenvalue weighted by Crippen LogP contribution is -2.60. The number of hydrogen-bond donors (Lipinski definition) is 1. The molecule has 5 rings (SSSR count). The van der Waals surface area contributed by atoms with Crippen LogP contribution in [-0.4, -0.2) is 41.8 Å². The number of fused-ring (bicyclic) bond motifs is 2. The molecule has 0 aromatic heterocycles. The number of aryl methyl sites for hydroxylation is 2. The summed E-state index contributed by atoms with van der Waals surface area (Å²) < 4.78 is 4.83. The van der Waals surface area contributed by atoms with Gasteiger partial charge < -0.3 is 10.1 Å². The first-order valence-corrected chi connectivity index (χ1v) is 13.6. The average molecular weight is 574 g/mol. The van der Waals surface area contributed by atoms with E-state index in [9.17, 15) is 9.59 Å². The number of likely N-dealkylation sites (N-methyl/N-ethyl adjacent to an activating group) is 1. The van der Waals surface area contributed by atoms with Gasteiger partial charge in [-0.3, -0.25) is 14.5 Å². The van der Waals surface area contributed by atoms with E-state index in [-0.39, 0.29) is 17.8 Å². The average Bonchev–Trinajstić information content (AvgIpc) is 3.34. The number of amides is 1. The Morgan fingerprint density at radius 2 is 1.68 bits per heavy atom. The minimum absolute atomic E-state index is 0.176. The van der Waals surface area contributed by atoms with Crippen LogP contribution in [0, 0.1) is 19.3 Å². The Hall–Kier alpha value is -2.57. The molecule has 0 saturated carbocycles. The van der Waals surface area contributed by atoms with Crippen molar-refractivity contribution in [2.45, 2.75) is 36.0 Å². The van der Waals surface area contributed by atoms with E-state index in [1.54, 1.807) is 0 Å². The number of anilines is 1. The predicted molar refractivity (Wildman–Crippen MR) is 154 cm³/mol. The lowest BCUT2D eigenvalue weighted by Gasteiger charge is -2.45. The number of ether oxygens (including phenoxy) is 1. The Morgan fingerprint density at radius 1 is 1.05 bits per heavy atom. The molecule has 1 fully saturated rings. The molecule has 38 heavy (non-hydrogen) atoms. The van der Waals surface area contributed by atoms with Crippen molar-refractivity contribution >= 4 is 52.4 Å². The largest absolute Gasteiger partial charge is 0.468 e. The molecule has 5 nitrogen and oxygen atoms in total. The fourth-order valence-electron chi connectivity index (χ4n) is 6.39. The summed E-state index contributed by atoms with van der Waals surface area (Å²) in [6.45, 7) is 4.66. The van der Waals surface area contributed by atoms with Crippen LogP contribution in [0.2, 0.25) is 0 Å². The van der Waals surface area contributed by atoms with E-state index >= 15 is 0 Å². The van der Waals surface area contributed by atoms with Crippen LogP contribution >= 0.6 is 34.8 Å². The summed E-state index contributed by atoms with van der Waals surface area (Å²) in [6, 6.07) is 24.1. The number of nitrogens with one attached hydrogen (secondary N) is 1. The summed E-state index contributed by atoms with van der Waals surface area (Å²) in [5, 5.41) is 3.09. The normalized spacial score (nSPS) is 24.1. The molecule has 2 aliphatic heterocycles. The minimum Gasteiger partial charge on any atom is -0.468 e. The zero-order valence-corrected chi connectivity index (χ0v) is 24.1. The van der Waals surface area contributed by atoms with Crippen molar-refractivity contribution < 1.29 is 14.3 Å². The molecule has 0 unspecified atom stereocenters. The van der Waals surface area contributed by atoms with Gasteiger partial charge in [-0.2, -0.15) is 0 Å². The second-order valence-corrected chi connectivity index (χ2v) is 11.9. The van der Waals surface area contributed by atoms with E-state index in [4.69, 9.17) is 39.5 Å². The minimum atomic E-state index is -1.20. The van der Waals surface area contributed by atoms with Crippen molar-refractivity contribution in [3.8, 4) is 0 Å². The molecule has 3 aromatic rings. The molecule has 3 atom stereocenters. The summed E-state index contributed by atoms with van der Waals surface area (Å²) >= 11 is 14.4. The fraction of sp³-hybridized carbons (Fsp3) is 0.333. The summed E-state index contributed by atoms with van der Waals surface area (Å²) in [5.41, 5.74) is 3.50. The molecule has 200 valence electrons. The third-order valence-electron chi connectivity index (χ3n) is 7.89. The zero-order valence-electron chi connectivity index (χ0n) is 21.8. The van der Waals surface area contributed by atoms with Gasteiger partial charge in [-0.1, -0.05) is 107 Å². The van der Waals surface area contributed by atoms with Crippen LogP contribution in [0.3, 0.4) is 0 Å². The van der Waals surface area contributed by atoms with Gasteiger partial charge in [0.1, 0.15) is 11.0 Å². The molecule has 0 aliphatic carbocycles. The third-order valence-corrected chi connectivity index (χ3v) is 7.89. The molecule has 1 N–H and O–H groups in total. The maximum atomic E-state index is 14.2. The number of para-hydroxylation sites is 1. The third kappa shape index (κ3) is 4.60. The summed E-state index contributed by atoms with van der Waals surface area (Å²) in [7, 11) is 3.38. The standard InChI is InChI=1S/C29H30N2O3.CHCl3/c1-19-14-15-20(2)22(16-19)17-28(27(33)34-4)24(21-10-6-5-7-11-21)18-31(3)29(28)23-12-8-9-13-25(23)30-26(29)32;2-1(3)4/h5-16,24H,17-18H2,1-4H3,(H,30,32);1H/t24-,28+,29+;/m1./s1. The van der Waals surface area contributed by atoms with E-state index in [1.165, 1.54) is 7.11 Å². The molecule has 1 amide bonds. The number of esters is 1. The molecule has 0 bridgehead atoms. The van der Waals surface area contributed by atoms with Gasteiger partial charge in [-0.05, 0) is 50.1 Å². The van der Waals surface area contributed by atoms with Crippen molar-refractivity contribution in [1.29, 1.82) is 0 Å². The Labute approximate surface area is 239 Å². The molecular formula is C30H31Cl3N2O3. The van der Waals surface area contributed by atoms with Gasteiger partial charge >= 0.3 is 5.97 Å². The highest BCUT2D eigenvalue weighted by Crippen LogP contribution is 2.63. The van der Waals surface area contributed by atoms with Crippen molar-refractivity contribution in [2.24, 2.45) is 5.41 Å². The van der Waals surface area contributed by atoms with Gasteiger partial charge in [0, 0.05) is 23.7 Å². The SMILES string of the molecule is COC(=O)[C@]1(Cc2cc(C)ccc2C)[C@@H](c2ccccc2)CN(C)[C@@]12C(=O)Nc1ccccc12.ClC(Cl)Cl. The van der Waals surface area contributed by atoms with Crippen molar-refractivity contribution in [3.05, 3.63) is 101 Å². The van der Waals surface area contributed by atoms with Gasteiger partial charge in [0.15, 0.2) is 4.30 Å². The lowest BCUT2D eigenvalue weighted by atomic mass is 9.58. The van der Waals surface area contributed by atoms with Gasteiger partial charge in [0.2, 0.25) is 0 Å². The molecule has 1 spiro atoms. The number of hydrogen-bond acceptors (Lipinski definition) is 4.